The lowest BCUT2D eigenvalue weighted by Crippen LogP contribution is -2.07. The largest absolute Gasteiger partial charge is 0.465 e. The summed E-state index contributed by atoms with van der Waals surface area (Å²) in [6.45, 7) is 0. The van der Waals surface area contributed by atoms with Gasteiger partial charge in [-0.3, -0.25) is 9.59 Å². The van der Waals surface area contributed by atoms with Crippen LogP contribution in [0, 0.1) is 5.92 Å². The first-order valence-corrected chi connectivity index (χ1v) is 8.38. The zero-order valence-electron chi connectivity index (χ0n) is 13.3. The van der Waals surface area contributed by atoms with Crippen LogP contribution < -0.4 is 0 Å². The Labute approximate surface area is 136 Å². The first kappa shape index (κ1) is 15.7. The zero-order valence-corrected chi connectivity index (χ0v) is 13.3. The summed E-state index contributed by atoms with van der Waals surface area (Å²) in [6, 6.07) is 12.8. The third-order valence-electron chi connectivity index (χ3n) is 4.51. The Balaban J connectivity index is 1.53. The lowest BCUT2D eigenvalue weighted by atomic mass is 9.99. The van der Waals surface area contributed by atoms with Crippen LogP contribution in [0.1, 0.15) is 54.0 Å². The normalized spacial score (nSPS) is 15.0. The standard InChI is InChI=1S/C20H22O3/c21-17(12-15-6-4-5-7-15)13-18-10-11-19(23-18)14-20(22)16-8-2-1-3-9-16/h1-3,8-11,15H,4-7,12-14H2. The first-order valence-electron chi connectivity index (χ1n) is 8.38. The van der Waals surface area contributed by atoms with E-state index in [9.17, 15) is 9.59 Å². The Morgan fingerprint density at radius 2 is 1.57 bits per heavy atom. The minimum atomic E-state index is 0.0313. The average Bonchev–Trinajstić information content (AvgIpc) is 3.20. The van der Waals surface area contributed by atoms with Crippen LogP contribution in [0.5, 0.6) is 0 Å². The van der Waals surface area contributed by atoms with E-state index in [4.69, 9.17) is 4.42 Å². The molecule has 0 aliphatic heterocycles. The number of benzene rings is 1. The number of rotatable bonds is 7. The number of hydrogen-bond donors (Lipinski definition) is 0. The van der Waals surface area contributed by atoms with E-state index in [0.29, 0.717) is 35.8 Å². The molecule has 0 amide bonds. The lowest BCUT2D eigenvalue weighted by Gasteiger charge is -2.06. The van der Waals surface area contributed by atoms with Crippen LogP contribution in [0.15, 0.2) is 46.9 Å². The summed E-state index contributed by atoms with van der Waals surface area (Å²) in [5, 5.41) is 0. The second kappa shape index (κ2) is 7.40. The van der Waals surface area contributed by atoms with Crippen LogP contribution in [-0.4, -0.2) is 11.6 Å². The summed E-state index contributed by atoms with van der Waals surface area (Å²) in [7, 11) is 0. The Morgan fingerprint density at radius 1 is 0.913 bits per heavy atom. The molecule has 0 N–H and O–H groups in total. The van der Waals surface area contributed by atoms with Gasteiger partial charge >= 0.3 is 0 Å². The highest BCUT2D eigenvalue weighted by Crippen LogP contribution is 2.28. The van der Waals surface area contributed by atoms with Crippen LogP contribution in [0.3, 0.4) is 0 Å². The molecule has 1 aromatic heterocycles. The van der Waals surface area contributed by atoms with Gasteiger partial charge in [0.2, 0.25) is 0 Å². The predicted molar refractivity (Wildman–Crippen MR) is 88.5 cm³/mol. The SMILES string of the molecule is O=C(Cc1ccc(CC(=O)c2ccccc2)o1)CC1CCCC1. The topological polar surface area (TPSA) is 47.3 Å². The number of ketones is 2. The Morgan fingerprint density at radius 3 is 2.26 bits per heavy atom. The molecule has 0 bridgehead atoms. The molecular formula is C20H22O3. The molecule has 0 spiro atoms. The molecule has 23 heavy (non-hydrogen) atoms. The second-order valence-electron chi connectivity index (χ2n) is 6.40. The first-order chi connectivity index (χ1) is 11.2. The van der Waals surface area contributed by atoms with Gasteiger partial charge in [0.25, 0.3) is 0 Å². The number of furan rings is 1. The van der Waals surface area contributed by atoms with Gasteiger partial charge in [0.1, 0.15) is 17.3 Å². The van der Waals surface area contributed by atoms with E-state index >= 15 is 0 Å². The molecule has 0 radical (unpaired) electrons. The summed E-state index contributed by atoms with van der Waals surface area (Å²) in [6.07, 6.45) is 6.12. The maximum absolute atomic E-state index is 12.1. The molecule has 0 saturated heterocycles. The Hall–Kier alpha value is -2.16. The molecule has 1 aliphatic rings. The highest BCUT2D eigenvalue weighted by atomic mass is 16.3. The second-order valence-corrected chi connectivity index (χ2v) is 6.40. The molecule has 1 heterocycles. The molecule has 3 nitrogen and oxygen atoms in total. The fraction of sp³-hybridized carbons (Fsp3) is 0.400. The van der Waals surface area contributed by atoms with Crippen molar-refractivity contribution in [3.63, 3.8) is 0 Å². The molecule has 1 aliphatic carbocycles. The van der Waals surface area contributed by atoms with Gasteiger partial charge in [0.05, 0.1) is 12.8 Å². The molecular weight excluding hydrogens is 288 g/mol. The van der Waals surface area contributed by atoms with Crippen molar-refractivity contribution >= 4 is 11.6 Å². The third kappa shape index (κ3) is 4.41. The fourth-order valence-electron chi connectivity index (χ4n) is 3.30. The molecule has 0 atom stereocenters. The number of carbonyl (C=O) groups excluding carboxylic acids is 2. The van der Waals surface area contributed by atoms with Crippen LogP contribution in [0.2, 0.25) is 0 Å². The third-order valence-corrected chi connectivity index (χ3v) is 4.51. The smallest absolute Gasteiger partial charge is 0.170 e. The summed E-state index contributed by atoms with van der Waals surface area (Å²) in [4.78, 5) is 24.2. The van der Waals surface area contributed by atoms with E-state index < -0.39 is 0 Å². The van der Waals surface area contributed by atoms with E-state index in [-0.39, 0.29) is 18.0 Å². The van der Waals surface area contributed by atoms with Gasteiger partial charge in [-0.1, -0.05) is 56.0 Å². The van der Waals surface area contributed by atoms with E-state index in [1.54, 1.807) is 18.2 Å². The fourth-order valence-corrected chi connectivity index (χ4v) is 3.30. The van der Waals surface area contributed by atoms with E-state index in [1.807, 2.05) is 24.3 Å². The highest BCUT2D eigenvalue weighted by Gasteiger charge is 2.19. The van der Waals surface area contributed by atoms with Crippen LogP contribution in [0.4, 0.5) is 0 Å². The summed E-state index contributed by atoms with van der Waals surface area (Å²) >= 11 is 0. The molecule has 1 aromatic carbocycles. The maximum atomic E-state index is 12.1. The van der Waals surface area contributed by atoms with Gasteiger partial charge in [0.15, 0.2) is 5.78 Å². The average molecular weight is 310 g/mol. The molecule has 0 unspecified atom stereocenters. The Kier molecular flexibility index (Phi) is 5.06. The van der Waals surface area contributed by atoms with Gasteiger partial charge in [-0.2, -0.15) is 0 Å². The van der Waals surface area contributed by atoms with Crippen LogP contribution >= 0.6 is 0 Å². The van der Waals surface area contributed by atoms with Crippen molar-refractivity contribution in [2.75, 3.05) is 0 Å². The van der Waals surface area contributed by atoms with Crippen LogP contribution in [0.25, 0.3) is 0 Å². The van der Waals surface area contributed by atoms with Gasteiger partial charge in [-0.25, -0.2) is 0 Å². The summed E-state index contributed by atoms with van der Waals surface area (Å²) in [5.41, 5.74) is 0.683. The molecule has 3 rings (SSSR count). The van der Waals surface area contributed by atoms with Crippen LogP contribution in [-0.2, 0) is 17.6 Å². The van der Waals surface area contributed by atoms with Gasteiger partial charge in [-0.15, -0.1) is 0 Å². The molecule has 2 aromatic rings. The maximum Gasteiger partial charge on any atom is 0.170 e. The lowest BCUT2D eigenvalue weighted by molar-refractivity contribution is -0.119. The predicted octanol–water partition coefficient (Wildman–Crippen LogP) is 4.40. The van der Waals surface area contributed by atoms with Crippen molar-refractivity contribution in [2.24, 2.45) is 5.92 Å². The monoisotopic (exact) mass is 310 g/mol. The van der Waals surface area contributed by atoms with Gasteiger partial charge < -0.3 is 4.42 Å². The molecule has 3 heteroatoms. The van der Waals surface area contributed by atoms with Crippen molar-refractivity contribution < 1.29 is 14.0 Å². The molecule has 1 saturated carbocycles. The van der Waals surface area contributed by atoms with Crippen molar-refractivity contribution in [3.8, 4) is 0 Å². The van der Waals surface area contributed by atoms with E-state index in [2.05, 4.69) is 0 Å². The minimum absolute atomic E-state index is 0.0313. The molecule has 120 valence electrons. The van der Waals surface area contributed by atoms with Gasteiger partial charge in [-0.05, 0) is 18.1 Å². The van der Waals surface area contributed by atoms with Crippen molar-refractivity contribution in [1.82, 2.24) is 0 Å². The van der Waals surface area contributed by atoms with Crippen molar-refractivity contribution in [3.05, 3.63) is 59.5 Å². The van der Waals surface area contributed by atoms with Crippen molar-refractivity contribution in [2.45, 2.75) is 44.9 Å². The minimum Gasteiger partial charge on any atom is -0.465 e. The van der Waals surface area contributed by atoms with E-state index in [0.717, 1.165) is 0 Å². The number of Topliss-reactive ketones (excluding diaryl/α,β-unsaturated/α-hetero) is 2. The molecule has 1 fully saturated rings. The Bertz CT molecular complexity index is 663. The van der Waals surface area contributed by atoms with E-state index in [1.165, 1.54) is 25.7 Å². The summed E-state index contributed by atoms with van der Waals surface area (Å²) in [5.74, 6) is 2.14. The van der Waals surface area contributed by atoms with Gasteiger partial charge in [0, 0.05) is 12.0 Å². The number of hydrogen-bond acceptors (Lipinski definition) is 3. The zero-order chi connectivity index (χ0) is 16.1. The number of carbonyl (C=O) groups is 2. The van der Waals surface area contributed by atoms with Crippen molar-refractivity contribution in [1.29, 1.82) is 0 Å². The highest BCUT2D eigenvalue weighted by molar-refractivity contribution is 5.97. The quantitative estimate of drug-likeness (QED) is 0.712. The summed E-state index contributed by atoms with van der Waals surface area (Å²) < 4.78 is 5.67.